The number of halogens is 4. The molecule has 21 heavy (non-hydrogen) atoms. The second kappa shape index (κ2) is 5.81. The molecule has 0 aliphatic carbocycles. The molecule has 0 saturated heterocycles. The molecule has 1 heterocycles. The first kappa shape index (κ1) is 15.2. The molecule has 1 aromatic heterocycles. The first-order valence-electron chi connectivity index (χ1n) is 6.25. The molecule has 0 bridgehead atoms. The van der Waals surface area contributed by atoms with Gasteiger partial charge in [-0.15, -0.1) is 11.6 Å². The molecule has 3 aromatic rings. The average Bonchev–Trinajstić information content (AvgIpc) is 2.80. The molecule has 0 N–H and O–H groups in total. The predicted octanol–water partition coefficient (Wildman–Crippen LogP) is 6.39. The summed E-state index contributed by atoms with van der Waals surface area (Å²) in [5.41, 5.74) is 2.65. The van der Waals surface area contributed by atoms with Gasteiger partial charge in [-0.1, -0.05) is 23.2 Å². The van der Waals surface area contributed by atoms with Crippen molar-refractivity contribution >= 4 is 61.8 Å². The number of rotatable bonds is 2. The zero-order valence-electron chi connectivity index (χ0n) is 10.9. The third-order valence-corrected chi connectivity index (χ3v) is 4.82. The monoisotopic (exact) mass is 402 g/mol. The molecule has 0 spiro atoms. The quantitative estimate of drug-likeness (QED) is 0.452. The van der Waals surface area contributed by atoms with Crippen LogP contribution in [-0.4, -0.2) is 9.55 Å². The topological polar surface area (TPSA) is 17.8 Å². The van der Waals surface area contributed by atoms with Crippen molar-refractivity contribution in [2.45, 2.75) is 12.3 Å². The second-order valence-corrected chi connectivity index (χ2v) is 7.01. The van der Waals surface area contributed by atoms with Crippen LogP contribution < -0.4 is 0 Å². The fourth-order valence-electron chi connectivity index (χ4n) is 2.23. The Morgan fingerprint density at radius 2 is 1.90 bits per heavy atom. The van der Waals surface area contributed by atoms with Crippen molar-refractivity contribution in [2.24, 2.45) is 0 Å². The molecule has 2 nitrogen and oxygen atoms in total. The van der Waals surface area contributed by atoms with E-state index in [0.29, 0.717) is 10.0 Å². The number of hydrogen-bond acceptors (Lipinski definition) is 1. The molecule has 108 valence electrons. The standard InChI is InChI=1S/C15H10BrCl3N2/c1-8(17)15-20-13-5-2-9(18)6-14(13)21(15)10-3-4-11(16)12(19)7-10/h2-8H,1H3. The fraction of sp³-hybridized carbons (Fsp3) is 0.133. The number of aromatic nitrogens is 2. The first-order chi connectivity index (χ1) is 9.97. The maximum absolute atomic E-state index is 6.28. The maximum Gasteiger partial charge on any atom is 0.132 e. The molecular formula is C15H10BrCl3N2. The van der Waals surface area contributed by atoms with E-state index < -0.39 is 0 Å². The minimum Gasteiger partial charge on any atom is -0.295 e. The summed E-state index contributed by atoms with van der Waals surface area (Å²) in [4.78, 5) is 4.60. The molecule has 1 atom stereocenters. The summed E-state index contributed by atoms with van der Waals surface area (Å²) in [5, 5.41) is 1.05. The van der Waals surface area contributed by atoms with E-state index in [1.807, 2.05) is 47.9 Å². The summed E-state index contributed by atoms with van der Waals surface area (Å²) in [6.45, 7) is 1.89. The van der Waals surface area contributed by atoms with Crippen LogP contribution >= 0.6 is 50.7 Å². The summed E-state index contributed by atoms with van der Waals surface area (Å²) >= 11 is 22.0. The summed E-state index contributed by atoms with van der Waals surface area (Å²) in [6, 6.07) is 11.3. The van der Waals surface area contributed by atoms with Crippen LogP contribution in [0.4, 0.5) is 0 Å². The predicted molar refractivity (Wildman–Crippen MR) is 93.1 cm³/mol. The Morgan fingerprint density at radius 1 is 1.14 bits per heavy atom. The molecule has 3 rings (SSSR count). The molecule has 1 unspecified atom stereocenters. The zero-order chi connectivity index (χ0) is 15.1. The highest BCUT2D eigenvalue weighted by atomic mass is 79.9. The highest BCUT2D eigenvalue weighted by molar-refractivity contribution is 9.10. The van der Waals surface area contributed by atoms with Crippen molar-refractivity contribution in [2.75, 3.05) is 0 Å². The van der Waals surface area contributed by atoms with E-state index in [1.165, 1.54) is 0 Å². The van der Waals surface area contributed by atoms with E-state index in [4.69, 9.17) is 34.8 Å². The van der Waals surface area contributed by atoms with Crippen LogP contribution in [0.2, 0.25) is 10.0 Å². The van der Waals surface area contributed by atoms with Gasteiger partial charge in [0.05, 0.1) is 21.4 Å². The molecule has 0 radical (unpaired) electrons. The lowest BCUT2D eigenvalue weighted by Gasteiger charge is -2.11. The molecule has 0 aliphatic heterocycles. The molecular weight excluding hydrogens is 394 g/mol. The van der Waals surface area contributed by atoms with Crippen molar-refractivity contribution in [1.29, 1.82) is 0 Å². The van der Waals surface area contributed by atoms with Crippen LogP contribution in [0.25, 0.3) is 16.7 Å². The normalized spacial score (nSPS) is 12.8. The van der Waals surface area contributed by atoms with Gasteiger partial charge in [0, 0.05) is 15.2 Å². The Kier molecular flexibility index (Phi) is 4.19. The van der Waals surface area contributed by atoms with Gasteiger partial charge in [0.25, 0.3) is 0 Å². The van der Waals surface area contributed by atoms with Crippen LogP contribution in [-0.2, 0) is 0 Å². The second-order valence-electron chi connectivity index (χ2n) is 4.65. The van der Waals surface area contributed by atoms with Gasteiger partial charge < -0.3 is 0 Å². The average molecular weight is 405 g/mol. The Bertz CT molecular complexity index is 827. The number of benzene rings is 2. The first-order valence-corrected chi connectivity index (χ1v) is 8.23. The van der Waals surface area contributed by atoms with E-state index in [0.717, 1.165) is 27.0 Å². The van der Waals surface area contributed by atoms with Crippen LogP contribution in [0.5, 0.6) is 0 Å². The van der Waals surface area contributed by atoms with E-state index in [-0.39, 0.29) is 5.38 Å². The van der Waals surface area contributed by atoms with Crippen molar-refractivity contribution < 1.29 is 0 Å². The van der Waals surface area contributed by atoms with Gasteiger partial charge in [0.2, 0.25) is 0 Å². The molecule has 0 fully saturated rings. The lowest BCUT2D eigenvalue weighted by molar-refractivity contribution is 0.882. The van der Waals surface area contributed by atoms with Gasteiger partial charge in [-0.05, 0) is 59.3 Å². The van der Waals surface area contributed by atoms with E-state index in [2.05, 4.69) is 20.9 Å². The van der Waals surface area contributed by atoms with Gasteiger partial charge >= 0.3 is 0 Å². The molecule has 2 aromatic carbocycles. The van der Waals surface area contributed by atoms with E-state index in [1.54, 1.807) is 0 Å². The molecule has 0 aliphatic rings. The van der Waals surface area contributed by atoms with Gasteiger partial charge in [-0.3, -0.25) is 4.57 Å². The van der Waals surface area contributed by atoms with Gasteiger partial charge in [0.15, 0.2) is 0 Å². The Morgan fingerprint density at radius 3 is 2.57 bits per heavy atom. The zero-order valence-corrected chi connectivity index (χ0v) is 14.8. The molecule has 0 saturated carbocycles. The Hall–Kier alpha value is -0.740. The lowest BCUT2D eigenvalue weighted by atomic mass is 10.2. The Labute approximate surface area is 145 Å². The third kappa shape index (κ3) is 2.80. The summed E-state index contributed by atoms with van der Waals surface area (Å²) in [7, 11) is 0. The van der Waals surface area contributed by atoms with Crippen LogP contribution in [0.1, 0.15) is 18.1 Å². The maximum atomic E-state index is 6.28. The van der Waals surface area contributed by atoms with E-state index in [9.17, 15) is 0 Å². The summed E-state index contributed by atoms with van der Waals surface area (Å²) in [6.07, 6.45) is 0. The number of fused-ring (bicyclic) bond motifs is 1. The van der Waals surface area contributed by atoms with Crippen molar-refractivity contribution in [3.8, 4) is 5.69 Å². The molecule has 6 heteroatoms. The Balaban J connectivity index is 2.35. The highest BCUT2D eigenvalue weighted by Gasteiger charge is 2.17. The fourth-order valence-corrected chi connectivity index (χ4v) is 2.96. The van der Waals surface area contributed by atoms with Gasteiger partial charge in [-0.2, -0.15) is 0 Å². The SMILES string of the molecule is CC(Cl)c1nc2ccc(Cl)cc2n1-c1ccc(Br)c(Cl)c1. The van der Waals surface area contributed by atoms with Crippen molar-refractivity contribution in [3.05, 3.63) is 56.7 Å². The smallest absolute Gasteiger partial charge is 0.132 e. The number of alkyl halides is 1. The number of hydrogen-bond donors (Lipinski definition) is 0. The largest absolute Gasteiger partial charge is 0.295 e. The van der Waals surface area contributed by atoms with Crippen LogP contribution in [0, 0.1) is 0 Å². The minimum atomic E-state index is -0.237. The van der Waals surface area contributed by atoms with Crippen molar-refractivity contribution in [1.82, 2.24) is 9.55 Å². The van der Waals surface area contributed by atoms with E-state index >= 15 is 0 Å². The summed E-state index contributed by atoms with van der Waals surface area (Å²) < 4.78 is 2.83. The number of nitrogens with zero attached hydrogens (tertiary/aromatic N) is 2. The molecule has 0 amide bonds. The van der Waals surface area contributed by atoms with Gasteiger partial charge in [0.1, 0.15) is 5.82 Å². The van der Waals surface area contributed by atoms with Crippen LogP contribution in [0.15, 0.2) is 40.9 Å². The minimum absolute atomic E-state index is 0.237. The third-order valence-electron chi connectivity index (χ3n) is 3.16. The van der Waals surface area contributed by atoms with Crippen molar-refractivity contribution in [3.63, 3.8) is 0 Å². The van der Waals surface area contributed by atoms with Gasteiger partial charge in [-0.25, -0.2) is 4.98 Å². The number of imidazole rings is 1. The van der Waals surface area contributed by atoms with Crippen LogP contribution in [0.3, 0.4) is 0 Å². The highest BCUT2D eigenvalue weighted by Crippen LogP contribution is 2.32. The lowest BCUT2D eigenvalue weighted by Crippen LogP contribution is -2.01. The summed E-state index contributed by atoms with van der Waals surface area (Å²) in [5.74, 6) is 0.757.